The van der Waals surface area contributed by atoms with E-state index in [1.807, 2.05) is 42.5 Å². The molecule has 0 radical (unpaired) electrons. The quantitative estimate of drug-likeness (QED) is 0.591. The summed E-state index contributed by atoms with van der Waals surface area (Å²) in [5.74, 6) is -0.955. The lowest BCUT2D eigenvalue weighted by atomic mass is 10.00. The molecule has 2 heterocycles. The number of benzene rings is 2. The number of hydrogen-bond donors (Lipinski definition) is 3. The van der Waals surface area contributed by atoms with Crippen molar-refractivity contribution in [3.05, 3.63) is 70.7 Å². The summed E-state index contributed by atoms with van der Waals surface area (Å²) in [5.41, 5.74) is 3.44. The molecule has 1 amide bonds. The molecule has 0 fully saturated rings. The monoisotopic (exact) mass is 413 g/mol. The Hall–Kier alpha value is -2.77. The second-order valence-electron chi connectivity index (χ2n) is 6.37. The number of carbonyl (C=O) groups is 2. The number of fused-ring (bicyclic) bond motifs is 1. The van der Waals surface area contributed by atoms with Gasteiger partial charge in [0.1, 0.15) is 0 Å². The van der Waals surface area contributed by atoms with Crippen molar-refractivity contribution in [3.63, 3.8) is 0 Å². The molecule has 3 N–H and O–H groups in total. The third kappa shape index (κ3) is 3.63. The molecule has 4 rings (SSSR count). The number of thioether (sulfide) groups is 1. The van der Waals surface area contributed by atoms with Gasteiger partial charge in [0.2, 0.25) is 5.91 Å². The van der Waals surface area contributed by atoms with E-state index in [0.717, 1.165) is 22.4 Å². The molecule has 1 aliphatic rings. The summed E-state index contributed by atoms with van der Waals surface area (Å²) in [6.45, 7) is 0. The molecule has 2 aromatic carbocycles. The number of aromatic nitrogens is 2. The molecule has 2 unspecified atom stereocenters. The van der Waals surface area contributed by atoms with Gasteiger partial charge in [0, 0.05) is 16.1 Å². The van der Waals surface area contributed by atoms with E-state index in [4.69, 9.17) is 11.6 Å². The zero-order valence-corrected chi connectivity index (χ0v) is 16.1. The third-order valence-corrected chi connectivity index (χ3v) is 6.24. The summed E-state index contributed by atoms with van der Waals surface area (Å²) in [6, 6.07) is 17.0. The number of hydrogen-bond acceptors (Lipinski definition) is 4. The molecule has 0 saturated heterocycles. The SMILES string of the molecule is O=C(O)CC1SC(c2ccccc2)c2c(n[nH]c2-c2ccc(Cl)cc2)NC1=O. The number of aliphatic carboxylic acids is 1. The van der Waals surface area contributed by atoms with Crippen molar-refractivity contribution in [3.8, 4) is 11.3 Å². The lowest BCUT2D eigenvalue weighted by molar-refractivity contribution is -0.138. The molecule has 0 spiro atoms. The minimum absolute atomic E-state index is 0.260. The molecular weight excluding hydrogens is 398 g/mol. The van der Waals surface area contributed by atoms with Crippen LogP contribution in [0.15, 0.2) is 54.6 Å². The number of carbonyl (C=O) groups excluding carboxylic acids is 1. The molecule has 1 aromatic heterocycles. The molecule has 0 bridgehead atoms. The highest BCUT2D eigenvalue weighted by molar-refractivity contribution is 8.01. The first-order chi connectivity index (χ1) is 13.5. The van der Waals surface area contributed by atoms with Crippen molar-refractivity contribution in [1.29, 1.82) is 0 Å². The summed E-state index contributed by atoms with van der Waals surface area (Å²) in [5, 5.41) is 19.0. The number of rotatable bonds is 4. The Morgan fingerprint density at radius 2 is 1.86 bits per heavy atom. The largest absolute Gasteiger partial charge is 0.481 e. The van der Waals surface area contributed by atoms with Crippen molar-refractivity contribution in [2.24, 2.45) is 0 Å². The van der Waals surface area contributed by atoms with Crippen LogP contribution in [0.5, 0.6) is 0 Å². The van der Waals surface area contributed by atoms with E-state index in [1.54, 1.807) is 12.1 Å². The predicted molar refractivity (Wildman–Crippen MR) is 110 cm³/mol. The van der Waals surface area contributed by atoms with E-state index < -0.39 is 11.2 Å². The maximum atomic E-state index is 12.6. The van der Waals surface area contributed by atoms with Gasteiger partial charge in [-0.25, -0.2) is 0 Å². The summed E-state index contributed by atoms with van der Waals surface area (Å²) in [6.07, 6.45) is -0.260. The molecule has 0 aliphatic carbocycles. The lowest BCUT2D eigenvalue weighted by Crippen LogP contribution is -2.26. The summed E-state index contributed by atoms with van der Waals surface area (Å²) in [4.78, 5) is 23.9. The van der Waals surface area contributed by atoms with E-state index in [0.29, 0.717) is 10.8 Å². The van der Waals surface area contributed by atoms with Crippen molar-refractivity contribution in [2.75, 3.05) is 5.32 Å². The van der Waals surface area contributed by atoms with Crippen LogP contribution in [0, 0.1) is 0 Å². The molecular formula is C20H16ClN3O3S. The van der Waals surface area contributed by atoms with Crippen LogP contribution in [0.25, 0.3) is 11.3 Å². The van der Waals surface area contributed by atoms with Crippen molar-refractivity contribution in [1.82, 2.24) is 10.2 Å². The number of anilines is 1. The zero-order valence-electron chi connectivity index (χ0n) is 14.6. The number of carboxylic acids is 1. The first kappa shape index (κ1) is 18.6. The molecule has 3 aromatic rings. The van der Waals surface area contributed by atoms with Gasteiger partial charge in [-0.3, -0.25) is 14.7 Å². The van der Waals surface area contributed by atoms with Crippen molar-refractivity contribution >= 4 is 41.1 Å². The third-order valence-electron chi connectivity index (χ3n) is 4.50. The van der Waals surface area contributed by atoms with E-state index >= 15 is 0 Å². The standard InChI is InChI=1S/C20H16ClN3O3S/c21-13-8-6-11(7-9-13)17-16-18(12-4-2-1-3-5-12)28-14(10-15(25)26)20(27)22-19(16)24-23-17/h1-9,14,18H,10H2,(H,25,26)(H2,22,23,24,27). The Morgan fingerprint density at radius 1 is 1.14 bits per heavy atom. The number of carboxylic acid groups (broad SMARTS) is 1. The van der Waals surface area contributed by atoms with Gasteiger partial charge < -0.3 is 10.4 Å². The fourth-order valence-electron chi connectivity index (χ4n) is 3.20. The Labute approximate surface area is 170 Å². The molecule has 6 nitrogen and oxygen atoms in total. The summed E-state index contributed by atoms with van der Waals surface area (Å²) >= 11 is 7.33. The van der Waals surface area contributed by atoms with Gasteiger partial charge in [0.25, 0.3) is 0 Å². The van der Waals surface area contributed by atoms with Crippen LogP contribution in [-0.2, 0) is 9.59 Å². The lowest BCUT2D eigenvalue weighted by Gasteiger charge is -2.19. The average molecular weight is 414 g/mol. The Morgan fingerprint density at radius 3 is 2.54 bits per heavy atom. The number of aromatic amines is 1. The maximum absolute atomic E-state index is 12.6. The zero-order chi connectivity index (χ0) is 19.7. The number of H-pyrrole nitrogens is 1. The molecule has 2 atom stereocenters. The van der Waals surface area contributed by atoms with Crippen LogP contribution < -0.4 is 5.32 Å². The van der Waals surface area contributed by atoms with Gasteiger partial charge in [-0.15, -0.1) is 11.8 Å². The van der Waals surface area contributed by atoms with E-state index in [1.165, 1.54) is 11.8 Å². The first-order valence-corrected chi connectivity index (χ1v) is 9.92. The fraction of sp³-hybridized carbons (Fsp3) is 0.150. The summed E-state index contributed by atoms with van der Waals surface area (Å²) in [7, 11) is 0. The number of nitrogens with one attached hydrogen (secondary N) is 2. The number of halogens is 1. The Kier molecular flexibility index (Phi) is 5.11. The van der Waals surface area contributed by atoms with E-state index in [2.05, 4.69) is 15.5 Å². The van der Waals surface area contributed by atoms with Crippen LogP contribution in [0.2, 0.25) is 5.02 Å². The van der Waals surface area contributed by atoms with Gasteiger partial charge >= 0.3 is 5.97 Å². The average Bonchev–Trinajstić information content (AvgIpc) is 3.03. The molecule has 28 heavy (non-hydrogen) atoms. The van der Waals surface area contributed by atoms with Gasteiger partial charge in [-0.05, 0) is 17.7 Å². The van der Waals surface area contributed by atoms with E-state index in [9.17, 15) is 14.7 Å². The van der Waals surface area contributed by atoms with Crippen molar-refractivity contribution < 1.29 is 14.7 Å². The molecule has 1 aliphatic heterocycles. The van der Waals surface area contributed by atoms with Crippen LogP contribution in [0.1, 0.15) is 22.8 Å². The second-order valence-corrected chi connectivity index (χ2v) is 8.12. The van der Waals surface area contributed by atoms with Gasteiger partial charge in [-0.2, -0.15) is 5.10 Å². The van der Waals surface area contributed by atoms with Gasteiger partial charge in [-0.1, -0.05) is 54.1 Å². The van der Waals surface area contributed by atoms with Gasteiger partial charge in [0.15, 0.2) is 5.82 Å². The van der Waals surface area contributed by atoms with Crippen LogP contribution in [0.4, 0.5) is 5.82 Å². The minimum Gasteiger partial charge on any atom is -0.481 e. The highest BCUT2D eigenvalue weighted by Crippen LogP contribution is 2.47. The maximum Gasteiger partial charge on any atom is 0.305 e. The Bertz CT molecular complexity index is 1020. The van der Waals surface area contributed by atoms with Crippen LogP contribution in [-0.4, -0.2) is 32.4 Å². The highest BCUT2D eigenvalue weighted by atomic mass is 35.5. The highest BCUT2D eigenvalue weighted by Gasteiger charge is 2.36. The normalized spacial score (nSPS) is 18.8. The smallest absolute Gasteiger partial charge is 0.305 e. The van der Waals surface area contributed by atoms with Crippen molar-refractivity contribution in [2.45, 2.75) is 16.9 Å². The van der Waals surface area contributed by atoms with Gasteiger partial charge in [0.05, 0.1) is 22.6 Å². The topological polar surface area (TPSA) is 95.1 Å². The first-order valence-electron chi connectivity index (χ1n) is 8.60. The van der Waals surface area contributed by atoms with Crippen LogP contribution >= 0.6 is 23.4 Å². The summed E-state index contributed by atoms with van der Waals surface area (Å²) < 4.78 is 0. The van der Waals surface area contributed by atoms with E-state index in [-0.39, 0.29) is 17.6 Å². The predicted octanol–water partition coefficient (Wildman–Crippen LogP) is 4.35. The molecule has 142 valence electrons. The number of amides is 1. The number of nitrogens with zero attached hydrogens (tertiary/aromatic N) is 1. The molecule has 8 heteroatoms. The molecule has 0 saturated carbocycles. The minimum atomic E-state index is -1.02. The fourth-order valence-corrected chi connectivity index (χ4v) is 4.76. The Balaban J connectivity index is 1.85. The van der Waals surface area contributed by atoms with Crippen LogP contribution in [0.3, 0.4) is 0 Å². The second kappa shape index (κ2) is 7.69.